The third-order valence-corrected chi connectivity index (χ3v) is 2.79. The van der Waals surface area contributed by atoms with Crippen molar-refractivity contribution in [3.05, 3.63) is 30.0 Å². The molecule has 0 saturated carbocycles. The lowest BCUT2D eigenvalue weighted by Crippen LogP contribution is -2.35. The van der Waals surface area contributed by atoms with E-state index in [0.717, 1.165) is 6.07 Å². The number of nitrogens with one attached hydrogen (secondary N) is 2. The molecule has 1 aromatic heterocycles. The Labute approximate surface area is 135 Å². The Bertz CT molecular complexity index is 744. The summed E-state index contributed by atoms with van der Waals surface area (Å²) in [6.45, 7) is 1.59. The van der Waals surface area contributed by atoms with Gasteiger partial charge >= 0.3 is 6.09 Å². The number of phenols is 2. The summed E-state index contributed by atoms with van der Waals surface area (Å²) in [5.41, 5.74) is 0.0796. The van der Waals surface area contributed by atoms with E-state index in [0.29, 0.717) is 0 Å². The highest BCUT2D eigenvalue weighted by Gasteiger charge is 2.16. The zero-order chi connectivity index (χ0) is 17.7. The maximum absolute atomic E-state index is 12.0. The number of aromatic hydroxyl groups is 2. The molecular formula is C14H15N3O7. The van der Waals surface area contributed by atoms with Crippen LogP contribution in [0.25, 0.3) is 0 Å². The molecule has 0 fully saturated rings. The molecule has 128 valence electrons. The molecule has 0 aliphatic carbocycles. The van der Waals surface area contributed by atoms with Gasteiger partial charge in [-0.15, -0.1) is 0 Å². The molecule has 0 radical (unpaired) electrons. The molecule has 0 bridgehead atoms. The molecule has 0 aliphatic heterocycles. The van der Waals surface area contributed by atoms with E-state index < -0.39 is 18.0 Å². The van der Waals surface area contributed by atoms with Crippen molar-refractivity contribution in [1.82, 2.24) is 10.5 Å². The molecule has 10 heteroatoms. The smallest absolute Gasteiger partial charge is 0.404 e. The summed E-state index contributed by atoms with van der Waals surface area (Å²) in [6.07, 6.45) is -1.18. The number of carboxylic acid groups (broad SMARTS) is 1. The number of nitrogens with zero attached hydrogens (tertiary/aromatic N) is 1. The van der Waals surface area contributed by atoms with Gasteiger partial charge in [0, 0.05) is 6.07 Å². The highest BCUT2D eigenvalue weighted by Crippen LogP contribution is 2.27. The molecule has 1 heterocycles. The third kappa shape index (κ3) is 4.53. The van der Waals surface area contributed by atoms with E-state index in [1.165, 1.54) is 18.2 Å². The van der Waals surface area contributed by atoms with E-state index in [-0.39, 0.29) is 35.4 Å². The lowest BCUT2D eigenvalue weighted by Gasteiger charge is -2.10. The number of carbonyl (C=O) groups is 2. The molecule has 0 aliphatic rings. The summed E-state index contributed by atoms with van der Waals surface area (Å²) in [5.74, 6) is -1.31. The molecule has 1 aromatic carbocycles. The summed E-state index contributed by atoms with van der Waals surface area (Å²) in [4.78, 5) is 22.4. The van der Waals surface area contributed by atoms with Gasteiger partial charge in [0.15, 0.2) is 0 Å². The summed E-state index contributed by atoms with van der Waals surface area (Å²) in [5, 5.41) is 35.4. The number of benzene rings is 1. The Hall–Kier alpha value is -3.43. The van der Waals surface area contributed by atoms with Crippen molar-refractivity contribution in [1.29, 1.82) is 0 Å². The number of hydrogen-bond donors (Lipinski definition) is 5. The Morgan fingerprint density at radius 2 is 2.08 bits per heavy atom. The second-order valence-corrected chi connectivity index (χ2v) is 4.85. The Morgan fingerprint density at radius 3 is 2.75 bits per heavy atom. The number of aromatic nitrogens is 1. The van der Waals surface area contributed by atoms with Gasteiger partial charge in [-0.1, -0.05) is 0 Å². The van der Waals surface area contributed by atoms with Crippen molar-refractivity contribution in [2.45, 2.75) is 13.0 Å². The minimum atomic E-state index is -1.18. The van der Waals surface area contributed by atoms with Crippen LogP contribution in [-0.4, -0.2) is 45.1 Å². The first-order valence-corrected chi connectivity index (χ1v) is 6.77. The van der Waals surface area contributed by atoms with Crippen LogP contribution in [0.5, 0.6) is 17.4 Å². The van der Waals surface area contributed by atoms with E-state index in [4.69, 9.17) is 14.4 Å². The van der Waals surface area contributed by atoms with E-state index in [2.05, 4.69) is 15.8 Å². The average Bonchev–Trinajstić information content (AvgIpc) is 2.96. The van der Waals surface area contributed by atoms with Crippen LogP contribution in [0.15, 0.2) is 28.8 Å². The van der Waals surface area contributed by atoms with Gasteiger partial charge in [0.2, 0.25) is 5.76 Å². The minimum absolute atomic E-state index is 0.00135. The van der Waals surface area contributed by atoms with Gasteiger partial charge in [0.05, 0.1) is 17.8 Å². The summed E-state index contributed by atoms with van der Waals surface area (Å²) in [7, 11) is 0. The van der Waals surface area contributed by atoms with E-state index in [1.807, 2.05) is 0 Å². The molecule has 24 heavy (non-hydrogen) atoms. The van der Waals surface area contributed by atoms with Gasteiger partial charge in [-0.05, 0) is 24.2 Å². The second-order valence-electron chi connectivity index (χ2n) is 4.85. The van der Waals surface area contributed by atoms with Crippen LogP contribution in [0.1, 0.15) is 17.5 Å². The van der Waals surface area contributed by atoms with Gasteiger partial charge in [-0.2, -0.15) is 0 Å². The zero-order valence-corrected chi connectivity index (χ0v) is 12.5. The van der Waals surface area contributed by atoms with E-state index in [1.54, 1.807) is 6.92 Å². The topological polar surface area (TPSA) is 154 Å². The molecule has 2 aromatic rings. The highest BCUT2D eigenvalue weighted by atomic mass is 16.5. The highest BCUT2D eigenvalue weighted by molar-refractivity contribution is 6.03. The van der Waals surface area contributed by atoms with Gasteiger partial charge in [-0.25, -0.2) is 4.79 Å². The zero-order valence-electron chi connectivity index (χ0n) is 12.5. The third-order valence-electron chi connectivity index (χ3n) is 2.79. The van der Waals surface area contributed by atoms with Crippen molar-refractivity contribution in [3.8, 4) is 17.4 Å². The maximum atomic E-state index is 12.0. The molecule has 5 N–H and O–H groups in total. The van der Waals surface area contributed by atoms with Gasteiger partial charge in [0.25, 0.3) is 11.8 Å². The van der Waals surface area contributed by atoms with E-state index >= 15 is 0 Å². The van der Waals surface area contributed by atoms with Crippen LogP contribution in [0, 0.1) is 0 Å². The summed E-state index contributed by atoms with van der Waals surface area (Å²) >= 11 is 0. The quantitative estimate of drug-likeness (QED) is 0.391. The fourth-order valence-electron chi connectivity index (χ4n) is 1.71. The fourth-order valence-corrected chi connectivity index (χ4v) is 1.71. The van der Waals surface area contributed by atoms with Crippen molar-refractivity contribution in [2.24, 2.45) is 0 Å². The van der Waals surface area contributed by atoms with Crippen LogP contribution >= 0.6 is 0 Å². The standard InChI is InChI=1S/C14H15N3O7/c1-7(15-14(21)22)6-23-12-5-11(24-17-12)13(20)16-9-3-2-8(18)4-10(9)19/h2-5,7,15,18-19H,6H2,1H3,(H,16,20)(H,21,22)/t7-/m0/s1. The first-order chi connectivity index (χ1) is 11.3. The predicted molar refractivity (Wildman–Crippen MR) is 80.3 cm³/mol. The van der Waals surface area contributed by atoms with Crippen LogP contribution < -0.4 is 15.4 Å². The monoisotopic (exact) mass is 337 g/mol. The number of rotatable bonds is 6. The number of carbonyl (C=O) groups excluding carboxylic acids is 1. The van der Waals surface area contributed by atoms with Crippen LogP contribution in [0.4, 0.5) is 10.5 Å². The summed E-state index contributed by atoms with van der Waals surface area (Å²) in [6, 6.07) is 4.42. The number of phenolic OH excluding ortho intramolecular Hbond substituents is 2. The Kier molecular flexibility index (Phi) is 5.09. The van der Waals surface area contributed by atoms with Gasteiger partial charge in [0.1, 0.15) is 18.1 Å². The van der Waals surface area contributed by atoms with Crippen molar-refractivity contribution >= 4 is 17.7 Å². The number of ether oxygens (including phenoxy) is 1. The van der Waals surface area contributed by atoms with Crippen LogP contribution in [0.2, 0.25) is 0 Å². The van der Waals surface area contributed by atoms with Crippen LogP contribution in [-0.2, 0) is 0 Å². The number of hydrogen-bond acceptors (Lipinski definition) is 7. The van der Waals surface area contributed by atoms with Gasteiger partial charge < -0.3 is 35.2 Å². The molecule has 0 unspecified atom stereocenters. The molecule has 2 amide bonds. The predicted octanol–water partition coefficient (Wildman–Crippen LogP) is 1.37. The lowest BCUT2D eigenvalue weighted by atomic mass is 10.2. The molecule has 10 nitrogen and oxygen atoms in total. The molecule has 1 atom stereocenters. The van der Waals surface area contributed by atoms with Crippen molar-refractivity contribution in [2.75, 3.05) is 11.9 Å². The SMILES string of the molecule is C[C@@H](COc1cc(C(=O)Nc2ccc(O)cc2O)on1)NC(=O)O. The Morgan fingerprint density at radius 1 is 1.33 bits per heavy atom. The maximum Gasteiger partial charge on any atom is 0.404 e. The first-order valence-electron chi connectivity index (χ1n) is 6.77. The molecule has 0 saturated heterocycles. The second kappa shape index (κ2) is 7.22. The summed E-state index contributed by atoms with van der Waals surface area (Å²) < 4.78 is 10.0. The van der Waals surface area contributed by atoms with Crippen molar-refractivity contribution < 1.29 is 34.2 Å². The molecule has 0 spiro atoms. The van der Waals surface area contributed by atoms with Gasteiger partial charge in [-0.3, -0.25) is 4.79 Å². The van der Waals surface area contributed by atoms with Crippen molar-refractivity contribution in [3.63, 3.8) is 0 Å². The Balaban J connectivity index is 1.94. The first kappa shape index (κ1) is 16.9. The number of amides is 2. The number of anilines is 1. The molecule has 2 rings (SSSR count). The van der Waals surface area contributed by atoms with Crippen LogP contribution in [0.3, 0.4) is 0 Å². The normalized spacial score (nSPS) is 11.5. The fraction of sp³-hybridized carbons (Fsp3) is 0.214. The average molecular weight is 337 g/mol. The lowest BCUT2D eigenvalue weighted by molar-refractivity contribution is 0.0986. The molecular weight excluding hydrogens is 322 g/mol. The minimum Gasteiger partial charge on any atom is -0.508 e. The largest absolute Gasteiger partial charge is 0.508 e. The van der Waals surface area contributed by atoms with E-state index in [9.17, 15) is 19.8 Å².